The maximum Gasteiger partial charge on any atom is 0.0738 e. The fraction of sp³-hybridized carbons (Fsp3) is 0.538. The average Bonchev–Trinajstić information content (AvgIpc) is 2.28. The van der Waals surface area contributed by atoms with Crippen LogP contribution in [0.2, 0.25) is 5.02 Å². The summed E-state index contributed by atoms with van der Waals surface area (Å²) in [6.07, 6.45) is 1.38. The smallest absolute Gasteiger partial charge is 0.0738 e. The summed E-state index contributed by atoms with van der Waals surface area (Å²) in [4.78, 5) is 0. The third-order valence-electron chi connectivity index (χ3n) is 3.65. The number of nitrogens with one attached hydrogen (secondary N) is 1. The number of halogens is 2. The highest BCUT2D eigenvalue weighted by Gasteiger charge is 2.36. The van der Waals surface area contributed by atoms with E-state index in [9.17, 15) is 5.11 Å². The van der Waals surface area contributed by atoms with Gasteiger partial charge in [-0.3, -0.25) is 0 Å². The molecule has 0 amide bonds. The van der Waals surface area contributed by atoms with Gasteiger partial charge < -0.3 is 10.4 Å². The molecule has 4 heteroatoms. The van der Waals surface area contributed by atoms with E-state index in [4.69, 9.17) is 11.6 Å². The van der Waals surface area contributed by atoms with Gasteiger partial charge in [-0.15, -0.1) is 0 Å². The lowest BCUT2D eigenvalue weighted by molar-refractivity contribution is -0.0330. The lowest BCUT2D eigenvalue weighted by Gasteiger charge is -2.39. The average molecular weight is 319 g/mol. The van der Waals surface area contributed by atoms with Gasteiger partial charge in [0.25, 0.3) is 0 Å². The van der Waals surface area contributed by atoms with Crippen LogP contribution in [0.15, 0.2) is 22.7 Å². The number of rotatable bonds is 2. The van der Waals surface area contributed by atoms with Crippen molar-refractivity contribution in [2.75, 3.05) is 13.1 Å². The van der Waals surface area contributed by atoms with Crippen LogP contribution in [0.25, 0.3) is 0 Å². The van der Waals surface area contributed by atoms with E-state index in [1.807, 2.05) is 18.2 Å². The molecule has 94 valence electrons. The van der Waals surface area contributed by atoms with E-state index < -0.39 is 5.60 Å². The minimum atomic E-state index is -0.654. The molecular weight excluding hydrogens is 302 g/mol. The third-order valence-corrected chi connectivity index (χ3v) is 4.74. The Morgan fingerprint density at radius 3 is 3.00 bits per heavy atom. The van der Waals surface area contributed by atoms with E-state index in [0.29, 0.717) is 6.42 Å². The summed E-state index contributed by atoms with van der Waals surface area (Å²) in [5, 5.41) is 14.7. The van der Waals surface area contributed by atoms with Gasteiger partial charge in [0.05, 0.1) is 5.60 Å². The van der Waals surface area contributed by atoms with Crippen LogP contribution in [-0.2, 0) is 6.42 Å². The fourth-order valence-electron chi connectivity index (χ4n) is 2.33. The SMILES string of the molecule is CC1CNCCC1(O)Cc1c(Cl)cccc1Br. The molecule has 1 aromatic rings. The molecule has 2 nitrogen and oxygen atoms in total. The molecule has 17 heavy (non-hydrogen) atoms. The Morgan fingerprint density at radius 2 is 2.35 bits per heavy atom. The Bertz CT molecular complexity index is 392. The highest BCUT2D eigenvalue weighted by Crippen LogP contribution is 2.34. The molecule has 2 N–H and O–H groups in total. The summed E-state index contributed by atoms with van der Waals surface area (Å²) in [6, 6.07) is 5.75. The van der Waals surface area contributed by atoms with Crippen LogP contribution in [-0.4, -0.2) is 23.8 Å². The largest absolute Gasteiger partial charge is 0.389 e. The first-order valence-corrected chi connectivity index (χ1v) is 7.06. The maximum atomic E-state index is 10.7. The summed E-state index contributed by atoms with van der Waals surface area (Å²) in [5.74, 6) is 0.236. The first kappa shape index (κ1) is 13.3. The van der Waals surface area contributed by atoms with Crippen LogP contribution < -0.4 is 5.32 Å². The van der Waals surface area contributed by atoms with Gasteiger partial charge in [0.15, 0.2) is 0 Å². The zero-order valence-corrected chi connectivity index (χ0v) is 12.2. The van der Waals surface area contributed by atoms with Crippen molar-refractivity contribution < 1.29 is 5.11 Å². The van der Waals surface area contributed by atoms with Crippen molar-refractivity contribution in [1.29, 1.82) is 0 Å². The van der Waals surface area contributed by atoms with Crippen molar-refractivity contribution in [1.82, 2.24) is 5.32 Å². The van der Waals surface area contributed by atoms with Crippen LogP contribution >= 0.6 is 27.5 Å². The summed E-state index contributed by atoms with van der Waals surface area (Å²) in [7, 11) is 0. The molecule has 1 aliphatic rings. The van der Waals surface area contributed by atoms with Crippen molar-refractivity contribution in [3.05, 3.63) is 33.3 Å². The molecule has 1 heterocycles. The van der Waals surface area contributed by atoms with Crippen LogP contribution in [0, 0.1) is 5.92 Å². The molecule has 2 atom stereocenters. The lowest BCUT2D eigenvalue weighted by Crippen LogP contribution is -2.50. The molecule has 0 bridgehead atoms. The first-order chi connectivity index (χ1) is 8.03. The summed E-state index contributed by atoms with van der Waals surface area (Å²) in [6.45, 7) is 3.80. The standard InChI is InChI=1S/C13H17BrClNO/c1-9-8-16-6-5-13(9,17)7-10-11(14)3-2-4-12(10)15/h2-4,9,16-17H,5-8H2,1H3. The molecule has 0 aromatic heterocycles. The second-order valence-corrected chi connectivity index (χ2v) is 6.10. The van der Waals surface area contributed by atoms with Crippen molar-refractivity contribution in [3.8, 4) is 0 Å². The highest BCUT2D eigenvalue weighted by molar-refractivity contribution is 9.10. The highest BCUT2D eigenvalue weighted by atomic mass is 79.9. The van der Waals surface area contributed by atoms with Crippen molar-refractivity contribution in [3.63, 3.8) is 0 Å². The Kier molecular flexibility index (Phi) is 4.14. The lowest BCUT2D eigenvalue weighted by atomic mass is 9.78. The zero-order chi connectivity index (χ0) is 12.5. The van der Waals surface area contributed by atoms with Gasteiger partial charge in [-0.05, 0) is 36.6 Å². The topological polar surface area (TPSA) is 32.3 Å². The van der Waals surface area contributed by atoms with Gasteiger partial charge in [-0.25, -0.2) is 0 Å². The summed E-state index contributed by atoms with van der Waals surface area (Å²) in [5.41, 5.74) is 0.351. The van der Waals surface area contributed by atoms with Crippen molar-refractivity contribution >= 4 is 27.5 Å². The number of piperidine rings is 1. The molecule has 1 aromatic carbocycles. The number of benzene rings is 1. The molecule has 0 spiro atoms. The Morgan fingerprint density at radius 1 is 1.59 bits per heavy atom. The number of hydrogen-bond donors (Lipinski definition) is 2. The number of hydrogen-bond acceptors (Lipinski definition) is 2. The van der Waals surface area contributed by atoms with Gasteiger partial charge in [-0.2, -0.15) is 0 Å². The predicted octanol–water partition coefficient (Wildman–Crippen LogP) is 3.01. The van der Waals surface area contributed by atoms with Crippen LogP contribution in [0.1, 0.15) is 18.9 Å². The van der Waals surface area contributed by atoms with E-state index >= 15 is 0 Å². The quantitative estimate of drug-likeness (QED) is 0.878. The Labute approximate surface area is 115 Å². The summed E-state index contributed by atoms with van der Waals surface area (Å²) >= 11 is 9.71. The zero-order valence-electron chi connectivity index (χ0n) is 9.84. The minimum Gasteiger partial charge on any atom is -0.389 e. The molecule has 1 fully saturated rings. The van der Waals surface area contributed by atoms with Crippen molar-refractivity contribution in [2.45, 2.75) is 25.4 Å². The van der Waals surface area contributed by atoms with Gasteiger partial charge >= 0.3 is 0 Å². The molecule has 0 aliphatic carbocycles. The van der Waals surface area contributed by atoms with Crippen LogP contribution in [0.3, 0.4) is 0 Å². The third kappa shape index (κ3) is 2.84. The Balaban J connectivity index is 2.25. The van der Waals surface area contributed by atoms with Gasteiger partial charge in [0, 0.05) is 22.5 Å². The van der Waals surface area contributed by atoms with Crippen LogP contribution in [0.5, 0.6) is 0 Å². The minimum absolute atomic E-state index is 0.236. The maximum absolute atomic E-state index is 10.7. The molecule has 1 saturated heterocycles. The van der Waals surface area contributed by atoms with Gasteiger partial charge in [0.2, 0.25) is 0 Å². The Hall–Kier alpha value is -0.0900. The molecule has 1 aliphatic heterocycles. The molecule has 2 unspecified atom stereocenters. The van der Waals surface area contributed by atoms with E-state index in [-0.39, 0.29) is 5.92 Å². The van der Waals surface area contributed by atoms with Gasteiger partial charge in [0.1, 0.15) is 0 Å². The molecular formula is C13H17BrClNO. The van der Waals surface area contributed by atoms with E-state index in [1.54, 1.807) is 0 Å². The molecule has 2 rings (SSSR count). The van der Waals surface area contributed by atoms with Crippen molar-refractivity contribution in [2.24, 2.45) is 5.92 Å². The van der Waals surface area contributed by atoms with E-state index in [1.165, 1.54) is 0 Å². The number of aliphatic hydroxyl groups is 1. The normalized spacial score (nSPS) is 29.3. The van der Waals surface area contributed by atoms with Gasteiger partial charge in [-0.1, -0.05) is 40.5 Å². The monoisotopic (exact) mass is 317 g/mol. The molecule has 0 radical (unpaired) electrons. The summed E-state index contributed by atoms with van der Waals surface area (Å²) < 4.78 is 0.976. The van der Waals surface area contributed by atoms with Crippen LogP contribution in [0.4, 0.5) is 0 Å². The second kappa shape index (κ2) is 5.27. The van der Waals surface area contributed by atoms with E-state index in [0.717, 1.165) is 34.6 Å². The first-order valence-electron chi connectivity index (χ1n) is 5.89. The second-order valence-electron chi connectivity index (χ2n) is 4.84. The van der Waals surface area contributed by atoms with E-state index in [2.05, 4.69) is 28.2 Å². The predicted molar refractivity (Wildman–Crippen MR) is 74.5 cm³/mol. The molecule has 0 saturated carbocycles. The fourth-order valence-corrected chi connectivity index (χ4v) is 3.19.